The molecule has 0 amide bonds. The monoisotopic (exact) mass is 217 g/mol. The fourth-order valence-electron chi connectivity index (χ4n) is 1.24. The molecule has 0 bridgehead atoms. The van der Waals surface area contributed by atoms with Gasteiger partial charge in [-0.05, 0) is 33.3 Å². The molecular formula is C13H15NO2. The van der Waals surface area contributed by atoms with Gasteiger partial charge < -0.3 is 4.90 Å². The van der Waals surface area contributed by atoms with Crippen molar-refractivity contribution in [2.24, 2.45) is 0 Å². The van der Waals surface area contributed by atoms with E-state index in [2.05, 4.69) is 0 Å². The van der Waals surface area contributed by atoms with Crippen LogP contribution in [0.5, 0.6) is 0 Å². The van der Waals surface area contributed by atoms with Crippen molar-refractivity contribution in [2.45, 2.75) is 0 Å². The molecule has 0 aliphatic heterocycles. The maximum absolute atomic E-state index is 11.2. The Bertz CT molecular complexity index is 394. The molecule has 1 aromatic carbocycles. The third kappa shape index (κ3) is 3.14. The van der Waals surface area contributed by atoms with E-state index in [0.29, 0.717) is 11.1 Å². The molecule has 0 N–H and O–H groups in total. The molecule has 0 saturated heterocycles. The third-order valence-electron chi connectivity index (χ3n) is 1.84. The average molecular weight is 217 g/mol. The summed E-state index contributed by atoms with van der Waals surface area (Å²) in [7, 11) is 6.00. The molecular weight excluding hydrogens is 202 g/mol. The summed E-state index contributed by atoms with van der Waals surface area (Å²) in [6, 6.07) is 6.84. The van der Waals surface area contributed by atoms with E-state index in [4.69, 9.17) is 0 Å². The van der Waals surface area contributed by atoms with Gasteiger partial charge in [0.2, 0.25) is 0 Å². The molecule has 0 aromatic heterocycles. The first kappa shape index (κ1) is 12.3. The molecule has 0 heterocycles. The van der Waals surface area contributed by atoms with Crippen molar-refractivity contribution in [3.63, 3.8) is 0 Å². The normalized spacial score (nSPS) is 13.2. The quantitative estimate of drug-likeness (QED) is 0.665. The molecule has 0 atom stereocenters. The summed E-state index contributed by atoms with van der Waals surface area (Å²) < 4.78 is 0. The third-order valence-corrected chi connectivity index (χ3v) is 1.84. The van der Waals surface area contributed by atoms with Crippen LogP contribution in [0.3, 0.4) is 0 Å². The Labute approximate surface area is 95.4 Å². The molecule has 84 valence electrons. The number of carbonyl (C=O) groups excluding carboxylic acids is 2. The lowest BCUT2D eigenvalue weighted by atomic mass is 9.95. The molecule has 1 aromatic rings. The van der Waals surface area contributed by atoms with Crippen LogP contribution >= 0.6 is 0 Å². The minimum absolute atomic E-state index is 0.0924. The Morgan fingerprint density at radius 3 is 1.44 bits per heavy atom. The van der Waals surface area contributed by atoms with E-state index in [1.54, 1.807) is 24.3 Å². The molecule has 0 saturated carbocycles. The van der Waals surface area contributed by atoms with Gasteiger partial charge in [0.1, 0.15) is 0 Å². The second kappa shape index (κ2) is 5.37. The summed E-state index contributed by atoms with van der Waals surface area (Å²) in [6.07, 6.45) is 2.62. The van der Waals surface area contributed by atoms with Crippen LogP contribution in [0.4, 0.5) is 0 Å². The highest BCUT2D eigenvalue weighted by Crippen LogP contribution is 2.15. The Morgan fingerprint density at radius 2 is 1.12 bits per heavy atom. The largest absolute Gasteiger partial charge is 0.312 e. The van der Waals surface area contributed by atoms with Gasteiger partial charge in [-0.2, -0.15) is 0 Å². The van der Waals surface area contributed by atoms with E-state index < -0.39 is 0 Å². The number of fused-ring (bicyclic) bond motifs is 1. The minimum Gasteiger partial charge on any atom is -0.312 e. The highest BCUT2D eigenvalue weighted by atomic mass is 16.1. The van der Waals surface area contributed by atoms with Crippen molar-refractivity contribution in [1.82, 2.24) is 4.90 Å². The van der Waals surface area contributed by atoms with Gasteiger partial charge in [-0.15, -0.1) is 0 Å². The lowest BCUT2D eigenvalue weighted by Gasteiger charge is -2.06. The van der Waals surface area contributed by atoms with Crippen LogP contribution in [0, 0.1) is 0 Å². The topological polar surface area (TPSA) is 37.4 Å². The smallest absolute Gasteiger partial charge is 0.186 e. The first-order valence-corrected chi connectivity index (χ1v) is 4.99. The highest BCUT2D eigenvalue weighted by Gasteiger charge is 2.16. The molecule has 3 heteroatoms. The Morgan fingerprint density at radius 1 is 0.812 bits per heavy atom. The minimum atomic E-state index is -0.0924. The number of carbonyl (C=O) groups is 2. The summed E-state index contributed by atoms with van der Waals surface area (Å²) in [5.74, 6) is -0.185. The van der Waals surface area contributed by atoms with Gasteiger partial charge in [0.15, 0.2) is 11.6 Å². The number of ketones is 2. The number of hydrogen-bond donors (Lipinski definition) is 0. The van der Waals surface area contributed by atoms with Gasteiger partial charge in [-0.1, -0.05) is 24.3 Å². The number of allylic oxidation sites excluding steroid dienone is 2. The summed E-state index contributed by atoms with van der Waals surface area (Å²) in [5.41, 5.74) is 1.01. The maximum atomic E-state index is 11.2. The van der Waals surface area contributed by atoms with E-state index in [-0.39, 0.29) is 11.6 Å². The predicted octanol–water partition coefficient (Wildman–Crippen LogP) is 1.80. The van der Waals surface area contributed by atoms with Crippen LogP contribution < -0.4 is 0 Å². The first-order valence-electron chi connectivity index (χ1n) is 4.99. The van der Waals surface area contributed by atoms with Crippen molar-refractivity contribution in [1.29, 1.82) is 0 Å². The van der Waals surface area contributed by atoms with E-state index in [1.807, 2.05) is 26.0 Å². The van der Waals surface area contributed by atoms with E-state index in [9.17, 15) is 9.59 Å². The van der Waals surface area contributed by atoms with E-state index in [1.165, 1.54) is 12.2 Å². The fraction of sp³-hybridized carbons (Fsp3) is 0.231. The summed E-state index contributed by atoms with van der Waals surface area (Å²) >= 11 is 0. The van der Waals surface area contributed by atoms with Crippen LogP contribution in [0.15, 0.2) is 36.4 Å². The lowest BCUT2D eigenvalue weighted by Crippen LogP contribution is -2.10. The fourth-order valence-corrected chi connectivity index (χ4v) is 1.24. The molecule has 1 aliphatic carbocycles. The lowest BCUT2D eigenvalue weighted by molar-refractivity contribution is 0.0994. The van der Waals surface area contributed by atoms with E-state index >= 15 is 0 Å². The van der Waals surface area contributed by atoms with Crippen LogP contribution in [-0.2, 0) is 0 Å². The molecule has 0 radical (unpaired) electrons. The zero-order valence-corrected chi connectivity index (χ0v) is 9.73. The summed E-state index contributed by atoms with van der Waals surface area (Å²) in [5, 5.41) is 0. The van der Waals surface area contributed by atoms with Crippen LogP contribution in [0.1, 0.15) is 20.7 Å². The van der Waals surface area contributed by atoms with Gasteiger partial charge >= 0.3 is 0 Å². The highest BCUT2D eigenvalue weighted by molar-refractivity contribution is 6.21. The van der Waals surface area contributed by atoms with E-state index in [0.717, 1.165) is 0 Å². The first-order chi connectivity index (χ1) is 7.52. The van der Waals surface area contributed by atoms with Gasteiger partial charge in [-0.3, -0.25) is 9.59 Å². The predicted molar refractivity (Wildman–Crippen MR) is 63.9 cm³/mol. The standard InChI is InChI=1S/C10H6O2.C3H9N/c11-9-5-6-10(12)8-4-2-1-3-7(8)9;1-4(2)3/h1-6H;1-3H3. The molecule has 1 aliphatic rings. The molecule has 0 fully saturated rings. The summed E-state index contributed by atoms with van der Waals surface area (Å²) in [6.45, 7) is 0. The zero-order chi connectivity index (χ0) is 12.1. The Balaban J connectivity index is 0.000000280. The van der Waals surface area contributed by atoms with Crippen molar-refractivity contribution in [3.05, 3.63) is 47.5 Å². The van der Waals surface area contributed by atoms with Crippen molar-refractivity contribution in [2.75, 3.05) is 21.1 Å². The molecule has 0 unspecified atom stereocenters. The van der Waals surface area contributed by atoms with Crippen molar-refractivity contribution in [3.8, 4) is 0 Å². The number of hydrogen-bond acceptors (Lipinski definition) is 3. The Hall–Kier alpha value is -1.74. The van der Waals surface area contributed by atoms with Gasteiger partial charge in [0.05, 0.1) is 0 Å². The molecule has 2 rings (SSSR count). The van der Waals surface area contributed by atoms with Crippen molar-refractivity contribution < 1.29 is 9.59 Å². The second-order valence-corrected chi connectivity index (χ2v) is 3.95. The summed E-state index contributed by atoms with van der Waals surface area (Å²) in [4.78, 5) is 24.4. The van der Waals surface area contributed by atoms with Crippen LogP contribution in [-0.4, -0.2) is 37.6 Å². The molecule has 3 nitrogen and oxygen atoms in total. The molecule has 0 spiro atoms. The molecule has 16 heavy (non-hydrogen) atoms. The van der Waals surface area contributed by atoms with Gasteiger partial charge in [0, 0.05) is 11.1 Å². The van der Waals surface area contributed by atoms with Gasteiger partial charge in [-0.25, -0.2) is 0 Å². The van der Waals surface area contributed by atoms with Gasteiger partial charge in [0.25, 0.3) is 0 Å². The van der Waals surface area contributed by atoms with Crippen LogP contribution in [0.2, 0.25) is 0 Å². The Kier molecular flexibility index (Phi) is 4.14. The van der Waals surface area contributed by atoms with Crippen molar-refractivity contribution >= 4 is 11.6 Å². The SMILES string of the molecule is CN(C)C.O=C1C=CC(=O)c2ccccc21. The average Bonchev–Trinajstić information content (AvgIpc) is 2.23. The maximum Gasteiger partial charge on any atom is 0.186 e. The second-order valence-electron chi connectivity index (χ2n) is 3.95. The number of rotatable bonds is 0. The van der Waals surface area contributed by atoms with Crippen LogP contribution in [0.25, 0.3) is 0 Å². The zero-order valence-electron chi connectivity index (χ0n) is 9.73. The number of nitrogens with zero attached hydrogens (tertiary/aromatic N) is 1. The number of benzene rings is 1.